The van der Waals surface area contributed by atoms with E-state index in [1.807, 2.05) is 16.4 Å². The van der Waals surface area contributed by atoms with E-state index in [0.717, 1.165) is 31.4 Å². The lowest BCUT2D eigenvalue weighted by Gasteiger charge is -2.23. The Morgan fingerprint density at radius 3 is 2.35 bits per heavy atom. The van der Waals surface area contributed by atoms with Gasteiger partial charge in [0.15, 0.2) is 5.43 Å². The number of nitrogens with zero attached hydrogens (tertiary/aromatic N) is 2. The zero-order valence-corrected chi connectivity index (χ0v) is 14.9. The average Bonchev–Trinajstić information content (AvgIpc) is 2.53. The molecule has 0 atom stereocenters. The van der Waals surface area contributed by atoms with Crippen LogP contribution in [0.25, 0.3) is 0 Å². The molecule has 5 nitrogen and oxygen atoms in total. The van der Waals surface area contributed by atoms with Crippen LogP contribution in [0.1, 0.15) is 55.6 Å². The minimum Gasteiger partial charge on any atom is -0.383 e. The van der Waals surface area contributed by atoms with E-state index in [0.29, 0.717) is 26.2 Å². The topological polar surface area (TPSA) is 51.5 Å². The Morgan fingerprint density at radius 2 is 1.83 bits per heavy atom. The molecule has 0 spiro atoms. The minimum atomic E-state index is -0.195. The molecule has 1 aromatic rings. The number of hydrogen-bond acceptors (Lipinski definition) is 3. The zero-order valence-electron chi connectivity index (χ0n) is 14.9. The Bertz CT molecular complexity index is 544. The molecule has 0 aliphatic carbocycles. The highest BCUT2D eigenvalue weighted by Crippen LogP contribution is 2.07. The van der Waals surface area contributed by atoms with Gasteiger partial charge in [0.05, 0.1) is 6.61 Å². The first-order valence-corrected chi connectivity index (χ1v) is 8.54. The molecule has 1 rings (SSSR count). The number of carbonyl (C=O) groups excluding carboxylic acids is 1. The Balaban J connectivity index is 3.04. The summed E-state index contributed by atoms with van der Waals surface area (Å²) in [7, 11) is 1.64. The summed E-state index contributed by atoms with van der Waals surface area (Å²) in [5, 5.41) is 0. The summed E-state index contributed by atoms with van der Waals surface area (Å²) in [6.07, 6.45) is 5.66. The fourth-order valence-electron chi connectivity index (χ4n) is 2.45. The van der Waals surface area contributed by atoms with Gasteiger partial charge in [-0.15, -0.1) is 0 Å². The van der Waals surface area contributed by atoms with Crippen molar-refractivity contribution >= 4 is 5.91 Å². The highest BCUT2D eigenvalue weighted by Gasteiger charge is 2.19. The van der Waals surface area contributed by atoms with Crippen LogP contribution in [0.2, 0.25) is 0 Å². The van der Waals surface area contributed by atoms with Gasteiger partial charge in [0.1, 0.15) is 5.56 Å². The number of rotatable bonds is 10. The molecular formula is C18H30N2O3. The van der Waals surface area contributed by atoms with Crippen LogP contribution in [0.4, 0.5) is 0 Å². The molecule has 0 saturated heterocycles. The Labute approximate surface area is 139 Å². The maximum Gasteiger partial charge on any atom is 0.259 e. The normalized spacial score (nSPS) is 10.8. The molecule has 0 aliphatic rings. The SMILES string of the molecule is CCCCN(CCCC)C(=O)c1cn(CCOC)c(C)cc1=O. The van der Waals surface area contributed by atoms with Crippen molar-refractivity contribution in [1.82, 2.24) is 9.47 Å². The first kappa shape index (κ1) is 19.4. The minimum absolute atomic E-state index is 0.150. The molecule has 0 fully saturated rings. The van der Waals surface area contributed by atoms with Crippen molar-refractivity contribution in [3.63, 3.8) is 0 Å². The number of ether oxygens (including phenoxy) is 1. The van der Waals surface area contributed by atoms with Crippen LogP contribution in [0.15, 0.2) is 17.1 Å². The number of aryl methyl sites for hydroxylation is 1. The van der Waals surface area contributed by atoms with Gasteiger partial charge in [-0.1, -0.05) is 26.7 Å². The second-order valence-electron chi connectivity index (χ2n) is 5.88. The second-order valence-corrected chi connectivity index (χ2v) is 5.88. The van der Waals surface area contributed by atoms with Crippen LogP contribution in [0, 0.1) is 6.92 Å². The van der Waals surface area contributed by atoms with Gasteiger partial charge in [-0.05, 0) is 19.8 Å². The van der Waals surface area contributed by atoms with Gasteiger partial charge in [0.2, 0.25) is 0 Å². The smallest absolute Gasteiger partial charge is 0.259 e. The van der Waals surface area contributed by atoms with Gasteiger partial charge in [-0.2, -0.15) is 0 Å². The molecule has 0 aliphatic heterocycles. The molecule has 0 N–H and O–H groups in total. The van der Waals surface area contributed by atoms with E-state index in [-0.39, 0.29) is 16.9 Å². The summed E-state index contributed by atoms with van der Waals surface area (Å²) in [5.74, 6) is -0.150. The van der Waals surface area contributed by atoms with Crippen molar-refractivity contribution in [2.45, 2.75) is 53.0 Å². The number of amides is 1. The van der Waals surface area contributed by atoms with E-state index in [1.165, 1.54) is 0 Å². The van der Waals surface area contributed by atoms with E-state index in [1.54, 1.807) is 19.4 Å². The maximum atomic E-state index is 12.8. The third-order valence-electron chi connectivity index (χ3n) is 3.96. The predicted molar refractivity (Wildman–Crippen MR) is 93.0 cm³/mol. The van der Waals surface area contributed by atoms with Crippen molar-refractivity contribution in [3.8, 4) is 0 Å². The Hall–Kier alpha value is -1.62. The molecule has 1 heterocycles. The zero-order chi connectivity index (χ0) is 17.2. The molecule has 1 aromatic heterocycles. The number of carbonyl (C=O) groups is 1. The fourth-order valence-corrected chi connectivity index (χ4v) is 2.45. The molecule has 0 saturated carbocycles. The highest BCUT2D eigenvalue weighted by molar-refractivity contribution is 5.93. The van der Waals surface area contributed by atoms with E-state index < -0.39 is 0 Å². The standard InChI is InChI=1S/C18H30N2O3/c1-5-7-9-19(10-8-6-2)18(22)16-14-20(11-12-23-4)15(3)13-17(16)21/h13-14H,5-12H2,1-4H3. The number of aromatic nitrogens is 1. The second kappa shape index (κ2) is 10.2. The van der Waals surface area contributed by atoms with Gasteiger partial charge in [-0.25, -0.2) is 0 Å². The molecule has 0 bridgehead atoms. The van der Waals surface area contributed by atoms with Crippen molar-refractivity contribution in [2.24, 2.45) is 0 Å². The average molecular weight is 322 g/mol. The quantitative estimate of drug-likeness (QED) is 0.665. The summed E-state index contributed by atoms with van der Waals surface area (Å²) in [6.45, 7) is 8.68. The molecule has 0 aromatic carbocycles. The highest BCUT2D eigenvalue weighted by atomic mass is 16.5. The first-order chi connectivity index (χ1) is 11.0. The fraction of sp³-hybridized carbons (Fsp3) is 0.667. The largest absolute Gasteiger partial charge is 0.383 e. The number of hydrogen-bond donors (Lipinski definition) is 0. The van der Waals surface area contributed by atoms with Crippen LogP contribution in [-0.2, 0) is 11.3 Å². The molecular weight excluding hydrogens is 292 g/mol. The van der Waals surface area contributed by atoms with Crippen molar-refractivity contribution in [2.75, 3.05) is 26.8 Å². The number of unbranched alkanes of at least 4 members (excludes halogenated alkanes) is 2. The summed E-state index contributed by atoms with van der Waals surface area (Å²) in [5.41, 5.74) is 0.912. The molecule has 5 heteroatoms. The van der Waals surface area contributed by atoms with Crippen molar-refractivity contribution in [1.29, 1.82) is 0 Å². The van der Waals surface area contributed by atoms with Gasteiger partial charge in [0, 0.05) is 44.7 Å². The van der Waals surface area contributed by atoms with Crippen LogP contribution >= 0.6 is 0 Å². The lowest BCUT2D eigenvalue weighted by molar-refractivity contribution is 0.0748. The van der Waals surface area contributed by atoms with Gasteiger partial charge in [-0.3, -0.25) is 9.59 Å². The van der Waals surface area contributed by atoms with Gasteiger partial charge >= 0.3 is 0 Å². The number of methoxy groups -OCH3 is 1. The predicted octanol–water partition coefficient (Wildman–Crippen LogP) is 2.85. The van der Waals surface area contributed by atoms with Crippen LogP contribution < -0.4 is 5.43 Å². The lowest BCUT2D eigenvalue weighted by atomic mass is 10.2. The summed E-state index contributed by atoms with van der Waals surface area (Å²) < 4.78 is 7.00. The molecule has 23 heavy (non-hydrogen) atoms. The van der Waals surface area contributed by atoms with Crippen LogP contribution in [0.3, 0.4) is 0 Å². The van der Waals surface area contributed by atoms with Crippen LogP contribution in [0.5, 0.6) is 0 Å². The Morgan fingerprint density at radius 1 is 1.22 bits per heavy atom. The third kappa shape index (κ3) is 5.82. The van der Waals surface area contributed by atoms with Crippen LogP contribution in [-0.4, -0.2) is 42.2 Å². The summed E-state index contributed by atoms with van der Waals surface area (Å²) >= 11 is 0. The summed E-state index contributed by atoms with van der Waals surface area (Å²) in [6, 6.07) is 1.54. The van der Waals surface area contributed by atoms with E-state index in [9.17, 15) is 9.59 Å². The van der Waals surface area contributed by atoms with E-state index >= 15 is 0 Å². The molecule has 130 valence electrons. The van der Waals surface area contributed by atoms with Gasteiger partial charge in [0.25, 0.3) is 5.91 Å². The lowest BCUT2D eigenvalue weighted by Crippen LogP contribution is -2.36. The van der Waals surface area contributed by atoms with E-state index in [2.05, 4.69) is 13.8 Å². The molecule has 1 amide bonds. The summed E-state index contributed by atoms with van der Waals surface area (Å²) in [4.78, 5) is 26.9. The van der Waals surface area contributed by atoms with Gasteiger partial charge < -0.3 is 14.2 Å². The maximum absolute atomic E-state index is 12.8. The van der Waals surface area contributed by atoms with Crippen molar-refractivity contribution < 1.29 is 9.53 Å². The Kier molecular flexibility index (Phi) is 8.62. The third-order valence-corrected chi connectivity index (χ3v) is 3.96. The van der Waals surface area contributed by atoms with Crippen molar-refractivity contribution in [3.05, 3.63) is 33.7 Å². The molecule has 0 unspecified atom stereocenters. The first-order valence-electron chi connectivity index (χ1n) is 8.54. The monoisotopic (exact) mass is 322 g/mol. The molecule has 0 radical (unpaired) electrons. The number of pyridine rings is 1. The van der Waals surface area contributed by atoms with E-state index in [4.69, 9.17) is 4.74 Å².